The first kappa shape index (κ1) is 25.0. The first-order valence-corrected chi connectivity index (χ1v) is 12.8. The minimum atomic E-state index is -0.542. The minimum Gasteiger partial charge on any atom is -0.341 e. The van der Waals surface area contributed by atoms with Crippen molar-refractivity contribution >= 4 is 23.4 Å². The first-order valence-electron chi connectivity index (χ1n) is 12.5. The molecule has 1 fully saturated rings. The van der Waals surface area contributed by atoms with Crippen LogP contribution < -0.4 is 5.32 Å². The average molecular weight is 489 g/mol. The lowest BCUT2D eigenvalue weighted by molar-refractivity contribution is -0.135. The van der Waals surface area contributed by atoms with Gasteiger partial charge < -0.3 is 10.2 Å². The van der Waals surface area contributed by atoms with Crippen molar-refractivity contribution in [2.45, 2.75) is 45.1 Å². The third-order valence-electron chi connectivity index (χ3n) is 7.15. The smallest absolute Gasteiger partial charge is 0.251 e. The second-order valence-corrected chi connectivity index (χ2v) is 9.87. The fraction of sp³-hybridized carbons (Fsp3) is 0.333. The van der Waals surface area contributed by atoms with E-state index in [0.29, 0.717) is 24.6 Å². The number of nitrogens with zero attached hydrogens (tertiary/aromatic N) is 1. The van der Waals surface area contributed by atoms with Crippen molar-refractivity contribution in [2.24, 2.45) is 5.92 Å². The first-order chi connectivity index (χ1) is 17.0. The number of hydrogen-bond acceptors (Lipinski definition) is 2. The zero-order chi connectivity index (χ0) is 24.8. The lowest BCUT2D eigenvalue weighted by atomic mass is 9.88. The van der Waals surface area contributed by atoms with Gasteiger partial charge in [0.05, 0.1) is 0 Å². The Labute approximate surface area is 213 Å². The number of rotatable bonds is 7. The molecule has 3 aromatic carbocycles. The number of amides is 2. The highest BCUT2D eigenvalue weighted by atomic mass is 35.5. The van der Waals surface area contributed by atoms with E-state index in [0.717, 1.165) is 35.4 Å². The van der Waals surface area contributed by atoms with Gasteiger partial charge in [0.25, 0.3) is 5.91 Å². The average Bonchev–Trinajstić information content (AvgIpc) is 2.92. The van der Waals surface area contributed by atoms with E-state index in [-0.39, 0.29) is 17.7 Å². The van der Waals surface area contributed by atoms with E-state index >= 15 is 0 Å². The highest BCUT2D eigenvalue weighted by molar-refractivity contribution is 6.30. The van der Waals surface area contributed by atoms with Gasteiger partial charge >= 0.3 is 0 Å². The molecule has 1 heterocycles. The van der Waals surface area contributed by atoms with Crippen LogP contribution in [-0.4, -0.2) is 35.8 Å². The third kappa shape index (κ3) is 6.12. The third-order valence-corrected chi connectivity index (χ3v) is 7.40. The van der Waals surface area contributed by atoms with Crippen molar-refractivity contribution in [1.82, 2.24) is 10.2 Å². The van der Waals surface area contributed by atoms with Gasteiger partial charge in [0.2, 0.25) is 5.91 Å². The van der Waals surface area contributed by atoms with Gasteiger partial charge in [-0.25, -0.2) is 0 Å². The molecule has 0 bridgehead atoms. The zero-order valence-electron chi connectivity index (χ0n) is 20.4. The number of hydrogen-bond donors (Lipinski definition) is 1. The predicted molar refractivity (Wildman–Crippen MR) is 143 cm³/mol. The summed E-state index contributed by atoms with van der Waals surface area (Å²) in [5.74, 6) is 0.269. The van der Waals surface area contributed by atoms with Crippen molar-refractivity contribution in [2.75, 3.05) is 13.1 Å². The van der Waals surface area contributed by atoms with Crippen LogP contribution in [0.4, 0.5) is 0 Å². The van der Waals surface area contributed by atoms with E-state index in [1.54, 1.807) is 6.07 Å². The van der Waals surface area contributed by atoms with Gasteiger partial charge in [0.15, 0.2) is 0 Å². The summed E-state index contributed by atoms with van der Waals surface area (Å²) in [5.41, 5.74) is 3.87. The number of likely N-dealkylation sites (tertiary alicyclic amines) is 1. The Morgan fingerprint density at radius 3 is 2.26 bits per heavy atom. The molecule has 0 saturated carbocycles. The Bertz CT molecular complexity index is 1140. The van der Waals surface area contributed by atoms with Crippen LogP contribution in [0.1, 0.15) is 54.9 Å². The molecule has 1 unspecified atom stereocenters. The standard InChI is InChI=1S/C30H33ClN2O2/c1-3-21(2)28(30(35)33-18-16-24(17-19-33)23-12-14-27(31)15-13-23)32-29(34)26-11-7-10-25(20-26)22-8-5-4-6-9-22/h4-15,20-21,24,28H,3,16-19H2,1-2H3,(H,32,34)/t21?,28-/m1/s1. The van der Waals surface area contributed by atoms with Gasteiger partial charge in [0.1, 0.15) is 6.04 Å². The zero-order valence-corrected chi connectivity index (χ0v) is 21.2. The normalized spacial score (nSPS) is 15.9. The summed E-state index contributed by atoms with van der Waals surface area (Å²) in [6.07, 6.45) is 2.63. The van der Waals surface area contributed by atoms with Crippen LogP contribution in [0.3, 0.4) is 0 Å². The molecule has 1 aliphatic rings. The maximum absolute atomic E-state index is 13.5. The number of halogens is 1. The van der Waals surface area contributed by atoms with Crippen LogP contribution in [0.25, 0.3) is 11.1 Å². The van der Waals surface area contributed by atoms with E-state index in [1.807, 2.05) is 72.5 Å². The van der Waals surface area contributed by atoms with E-state index in [9.17, 15) is 9.59 Å². The second-order valence-electron chi connectivity index (χ2n) is 9.43. The minimum absolute atomic E-state index is 0.0153. The molecule has 1 saturated heterocycles. The van der Waals surface area contributed by atoms with Crippen molar-refractivity contribution in [3.8, 4) is 11.1 Å². The molecule has 2 amide bonds. The lowest BCUT2D eigenvalue weighted by Crippen LogP contribution is -2.53. The van der Waals surface area contributed by atoms with Gasteiger partial charge in [-0.05, 0) is 65.6 Å². The quantitative estimate of drug-likeness (QED) is 0.409. The second kappa shape index (κ2) is 11.5. The highest BCUT2D eigenvalue weighted by Crippen LogP contribution is 2.29. The number of carbonyl (C=O) groups is 2. The fourth-order valence-electron chi connectivity index (χ4n) is 4.74. The summed E-state index contributed by atoms with van der Waals surface area (Å²) in [6, 6.07) is 25.0. The van der Waals surface area contributed by atoms with Gasteiger partial charge in [-0.2, -0.15) is 0 Å². The molecule has 1 N–H and O–H groups in total. The Morgan fingerprint density at radius 1 is 0.943 bits per heavy atom. The SMILES string of the molecule is CCC(C)[C@@H](NC(=O)c1cccc(-c2ccccc2)c1)C(=O)N1CCC(c2ccc(Cl)cc2)CC1. The summed E-state index contributed by atoms with van der Waals surface area (Å²) in [6.45, 7) is 5.47. The molecule has 5 heteroatoms. The summed E-state index contributed by atoms with van der Waals surface area (Å²) >= 11 is 6.03. The highest BCUT2D eigenvalue weighted by Gasteiger charge is 2.32. The van der Waals surface area contributed by atoms with Crippen LogP contribution in [0.2, 0.25) is 5.02 Å². The van der Waals surface area contributed by atoms with Gasteiger partial charge in [-0.15, -0.1) is 0 Å². The monoisotopic (exact) mass is 488 g/mol. The molecule has 4 rings (SSSR count). The van der Waals surface area contributed by atoms with Gasteiger partial charge in [-0.3, -0.25) is 9.59 Å². The van der Waals surface area contributed by atoms with Crippen molar-refractivity contribution in [3.05, 3.63) is 95.0 Å². The molecule has 2 atom stereocenters. The van der Waals surface area contributed by atoms with Gasteiger partial charge in [0, 0.05) is 23.7 Å². The molecule has 4 nitrogen and oxygen atoms in total. The lowest BCUT2D eigenvalue weighted by Gasteiger charge is -2.36. The molecule has 0 radical (unpaired) electrons. The molecule has 0 aliphatic carbocycles. The summed E-state index contributed by atoms with van der Waals surface area (Å²) in [7, 11) is 0. The van der Waals surface area contributed by atoms with E-state index in [2.05, 4.69) is 24.4 Å². The number of nitrogens with one attached hydrogen (secondary N) is 1. The van der Waals surface area contributed by atoms with Crippen LogP contribution >= 0.6 is 11.6 Å². The maximum atomic E-state index is 13.5. The van der Waals surface area contributed by atoms with E-state index in [4.69, 9.17) is 11.6 Å². The largest absolute Gasteiger partial charge is 0.341 e. The Kier molecular flexibility index (Phi) is 8.25. The Hall–Kier alpha value is -3.11. The molecule has 0 aromatic heterocycles. The van der Waals surface area contributed by atoms with Gasteiger partial charge in [-0.1, -0.05) is 86.5 Å². The Balaban J connectivity index is 1.43. The molecular weight excluding hydrogens is 456 g/mol. The topological polar surface area (TPSA) is 49.4 Å². The van der Waals surface area contributed by atoms with Crippen molar-refractivity contribution in [3.63, 3.8) is 0 Å². The van der Waals surface area contributed by atoms with E-state index in [1.165, 1.54) is 5.56 Å². The maximum Gasteiger partial charge on any atom is 0.251 e. The molecule has 0 spiro atoms. The van der Waals surface area contributed by atoms with Crippen LogP contribution in [0.15, 0.2) is 78.9 Å². The molecule has 1 aliphatic heterocycles. The molecular formula is C30H33ClN2O2. The fourth-order valence-corrected chi connectivity index (χ4v) is 4.87. The molecule has 3 aromatic rings. The van der Waals surface area contributed by atoms with Crippen molar-refractivity contribution < 1.29 is 9.59 Å². The summed E-state index contributed by atoms with van der Waals surface area (Å²) in [4.78, 5) is 28.7. The summed E-state index contributed by atoms with van der Waals surface area (Å²) < 4.78 is 0. The number of piperidine rings is 1. The molecule has 35 heavy (non-hydrogen) atoms. The number of benzene rings is 3. The van der Waals surface area contributed by atoms with Crippen LogP contribution in [-0.2, 0) is 4.79 Å². The van der Waals surface area contributed by atoms with Crippen LogP contribution in [0.5, 0.6) is 0 Å². The van der Waals surface area contributed by atoms with E-state index < -0.39 is 6.04 Å². The van der Waals surface area contributed by atoms with Crippen molar-refractivity contribution in [1.29, 1.82) is 0 Å². The summed E-state index contributed by atoms with van der Waals surface area (Å²) in [5, 5.41) is 3.80. The number of carbonyl (C=O) groups excluding carboxylic acids is 2. The predicted octanol–water partition coefficient (Wildman–Crippen LogP) is 6.56. The Morgan fingerprint density at radius 2 is 1.60 bits per heavy atom. The molecule has 182 valence electrons. The van der Waals surface area contributed by atoms with Crippen LogP contribution in [0, 0.1) is 5.92 Å².